The predicted molar refractivity (Wildman–Crippen MR) is 136 cm³/mol. The van der Waals surface area contributed by atoms with Crippen molar-refractivity contribution in [2.24, 2.45) is 0 Å². The Labute approximate surface area is 201 Å². The number of anilines is 1. The van der Waals surface area contributed by atoms with Gasteiger partial charge in [0.05, 0.1) is 18.5 Å². The Hall–Kier alpha value is -4.23. The van der Waals surface area contributed by atoms with E-state index in [4.69, 9.17) is 9.72 Å². The molecule has 2 aromatic heterocycles. The molecule has 1 amide bonds. The number of nitrogens with one attached hydrogen (secondary N) is 1. The zero-order valence-electron chi connectivity index (χ0n) is 18.7. The maximum Gasteiger partial charge on any atom is 0.256 e. The molecule has 0 fully saturated rings. The van der Waals surface area contributed by atoms with Crippen molar-refractivity contribution in [3.63, 3.8) is 0 Å². The molecule has 0 saturated heterocycles. The lowest BCUT2D eigenvalue weighted by Crippen LogP contribution is -2.15. The van der Waals surface area contributed by atoms with Gasteiger partial charge in [-0.25, -0.2) is 4.98 Å². The van der Waals surface area contributed by atoms with Crippen molar-refractivity contribution in [1.29, 1.82) is 0 Å². The van der Waals surface area contributed by atoms with Crippen LogP contribution in [0.15, 0.2) is 90.3 Å². The minimum atomic E-state index is -0.203. The number of ether oxygens (including phenoxy) is 1. The first-order chi connectivity index (χ1) is 16.6. The lowest BCUT2D eigenvalue weighted by Gasteiger charge is -2.08. The minimum absolute atomic E-state index is 0.203. The molecule has 5 aromatic rings. The number of carbonyl (C=O) groups is 1. The Bertz CT molecular complexity index is 1440. The molecule has 1 N–H and O–H groups in total. The van der Waals surface area contributed by atoms with Crippen LogP contribution in [0.1, 0.15) is 16.1 Å². The molecule has 0 radical (unpaired) electrons. The highest BCUT2D eigenvalue weighted by molar-refractivity contribution is 7.12. The highest BCUT2D eigenvalue weighted by Crippen LogP contribution is 2.28. The molecule has 0 aliphatic heterocycles. The molecule has 0 unspecified atom stereocenters. The lowest BCUT2D eigenvalue weighted by atomic mass is 10.0. The SMILES string of the molecule is COc1cccc(-c2csc(-n3nc(C)cc3NC(=O)c3ccc(-c4ccccc4)cc3)n2)c1. The summed E-state index contributed by atoms with van der Waals surface area (Å²) >= 11 is 1.46. The Balaban J connectivity index is 1.37. The van der Waals surface area contributed by atoms with E-state index in [0.717, 1.165) is 33.8 Å². The van der Waals surface area contributed by atoms with Gasteiger partial charge in [0.25, 0.3) is 5.91 Å². The van der Waals surface area contributed by atoms with Crippen molar-refractivity contribution in [2.45, 2.75) is 6.92 Å². The normalized spacial score (nSPS) is 10.8. The molecular formula is C27H22N4O2S. The largest absolute Gasteiger partial charge is 0.497 e. The highest BCUT2D eigenvalue weighted by Gasteiger charge is 2.16. The molecule has 6 nitrogen and oxygen atoms in total. The molecule has 3 aromatic carbocycles. The second kappa shape index (κ2) is 9.33. The fourth-order valence-corrected chi connectivity index (χ4v) is 4.44. The third-order valence-electron chi connectivity index (χ3n) is 5.37. The van der Waals surface area contributed by atoms with Crippen molar-refractivity contribution in [3.05, 3.63) is 102 Å². The quantitative estimate of drug-likeness (QED) is 0.322. The van der Waals surface area contributed by atoms with Gasteiger partial charge in [-0.3, -0.25) is 4.79 Å². The smallest absolute Gasteiger partial charge is 0.256 e. The van der Waals surface area contributed by atoms with E-state index in [9.17, 15) is 4.79 Å². The standard InChI is InChI=1S/C27H22N4O2S/c1-18-15-25(29-26(32)21-13-11-20(12-14-21)19-7-4-3-5-8-19)31(30-18)27-28-24(17-34-27)22-9-6-10-23(16-22)33-2/h3-17H,1-2H3,(H,29,32). The van der Waals surface area contributed by atoms with Crippen molar-refractivity contribution in [2.75, 3.05) is 12.4 Å². The summed E-state index contributed by atoms with van der Waals surface area (Å²) in [5, 5.41) is 10.2. The van der Waals surface area contributed by atoms with Crippen LogP contribution in [0.3, 0.4) is 0 Å². The molecule has 2 heterocycles. The Morgan fingerprint density at radius 3 is 2.41 bits per heavy atom. The molecule has 168 valence electrons. The van der Waals surface area contributed by atoms with Gasteiger partial charge in [-0.1, -0.05) is 54.6 Å². The van der Waals surface area contributed by atoms with E-state index in [2.05, 4.69) is 10.4 Å². The number of aryl methyl sites for hydroxylation is 1. The second-order valence-corrected chi connectivity index (χ2v) is 8.56. The van der Waals surface area contributed by atoms with E-state index in [-0.39, 0.29) is 5.91 Å². The zero-order chi connectivity index (χ0) is 23.5. The number of thiazole rings is 1. The molecule has 0 aliphatic carbocycles. The fourth-order valence-electron chi connectivity index (χ4n) is 3.64. The average Bonchev–Trinajstić information content (AvgIpc) is 3.51. The van der Waals surface area contributed by atoms with Gasteiger partial charge in [0.15, 0.2) is 0 Å². The number of aromatic nitrogens is 3. The first kappa shape index (κ1) is 21.6. The Morgan fingerprint density at radius 2 is 1.65 bits per heavy atom. The van der Waals surface area contributed by atoms with Gasteiger partial charge in [0.2, 0.25) is 5.13 Å². The van der Waals surface area contributed by atoms with Crippen LogP contribution in [0, 0.1) is 6.92 Å². The molecule has 5 rings (SSSR count). The van der Waals surface area contributed by atoms with E-state index >= 15 is 0 Å². The van der Waals surface area contributed by atoms with Gasteiger partial charge < -0.3 is 10.1 Å². The van der Waals surface area contributed by atoms with Crippen molar-refractivity contribution in [3.8, 4) is 33.3 Å². The summed E-state index contributed by atoms with van der Waals surface area (Å²) in [6.45, 7) is 1.89. The number of carbonyl (C=O) groups excluding carboxylic acids is 1. The fraction of sp³-hybridized carbons (Fsp3) is 0.0741. The molecule has 34 heavy (non-hydrogen) atoms. The summed E-state index contributed by atoms with van der Waals surface area (Å²) in [5.74, 6) is 1.14. The predicted octanol–water partition coefficient (Wildman–Crippen LogP) is 6.23. The minimum Gasteiger partial charge on any atom is -0.497 e. The number of amides is 1. The van der Waals surface area contributed by atoms with Crippen LogP contribution >= 0.6 is 11.3 Å². The van der Waals surface area contributed by atoms with Crippen LogP contribution in [0.5, 0.6) is 5.75 Å². The molecule has 0 aliphatic rings. The van der Waals surface area contributed by atoms with Crippen LogP contribution < -0.4 is 10.1 Å². The van der Waals surface area contributed by atoms with Crippen LogP contribution in [-0.4, -0.2) is 27.8 Å². The molecule has 7 heteroatoms. The van der Waals surface area contributed by atoms with E-state index in [1.54, 1.807) is 11.8 Å². The number of hydrogen-bond donors (Lipinski definition) is 1. The first-order valence-corrected chi connectivity index (χ1v) is 11.6. The van der Waals surface area contributed by atoms with Gasteiger partial charge in [0.1, 0.15) is 11.6 Å². The maximum absolute atomic E-state index is 13.0. The van der Waals surface area contributed by atoms with Gasteiger partial charge in [-0.2, -0.15) is 9.78 Å². The van der Waals surface area contributed by atoms with E-state index in [1.807, 2.05) is 97.2 Å². The Kier molecular flexibility index (Phi) is 5.93. The molecule has 0 spiro atoms. The molecule has 0 bridgehead atoms. The van der Waals surface area contributed by atoms with Crippen LogP contribution in [-0.2, 0) is 0 Å². The average molecular weight is 467 g/mol. The molecule has 0 atom stereocenters. The number of nitrogens with zero attached hydrogens (tertiary/aromatic N) is 3. The van der Waals surface area contributed by atoms with Gasteiger partial charge in [-0.05, 0) is 42.3 Å². The van der Waals surface area contributed by atoms with Gasteiger partial charge >= 0.3 is 0 Å². The summed E-state index contributed by atoms with van der Waals surface area (Å²) in [6, 6.07) is 27.2. The number of methoxy groups -OCH3 is 1. The second-order valence-electron chi connectivity index (χ2n) is 7.73. The van der Waals surface area contributed by atoms with E-state index < -0.39 is 0 Å². The summed E-state index contributed by atoms with van der Waals surface area (Å²) < 4.78 is 6.99. The monoisotopic (exact) mass is 466 g/mol. The number of rotatable bonds is 6. The topological polar surface area (TPSA) is 69.0 Å². The van der Waals surface area contributed by atoms with Crippen LogP contribution in [0.25, 0.3) is 27.5 Å². The number of benzene rings is 3. The van der Waals surface area contributed by atoms with Gasteiger partial charge in [-0.15, -0.1) is 11.3 Å². The third kappa shape index (κ3) is 4.46. The van der Waals surface area contributed by atoms with Crippen molar-refractivity contribution >= 4 is 23.1 Å². The van der Waals surface area contributed by atoms with E-state index in [1.165, 1.54) is 11.3 Å². The summed E-state index contributed by atoms with van der Waals surface area (Å²) in [5.41, 5.74) is 5.30. The van der Waals surface area contributed by atoms with Crippen LogP contribution in [0.2, 0.25) is 0 Å². The van der Waals surface area contributed by atoms with Crippen molar-refractivity contribution < 1.29 is 9.53 Å². The third-order valence-corrected chi connectivity index (χ3v) is 6.18. The maximum atomic E-state index is 13.0. The first-order valence-electron chi connectivity index (χ1n) is 10.7. The lowest BCUT2D eigenvalue weighted by molar-refractivity contribution is 0.102. The van der Waals surface area contributed by atoms with Crippen molar-refractivity contribution in [1.82, 2.24) is 14.8 Å². The highest BCUT2D eigenvalue weighted by atomic mass is 32.1. The Morgan fingerprint density at radius 1 is 0.912 bits per heavy atom. The number of hydrogen-bond acceptors (Lipinski definition) is 5. The summed E-state index contributed by atoms with van der Waals surface area (Å²) in [7, 11) is 1.64. The van der Waals surface area contributed by atoms with Crippen LogP contribution in [0.4, 0.5) is 5.82 Å². The van der Waals surface area contributed by atoms with E-state index in [0.29, 0.717) is 16.5 Å². The summed E-state index contributed by atoms with van der Waals surface area (Å²) in [4.78, 5) is 17.7. The molecule has 0 saturated carbocycles. The molecular weight excluding hydrogens is 444 g/mol. The van der Waals surface area contributed by atoms with Gasteiger partial charge in [0, 0.05) is 22.6 Å². The summed E-state index contributed by atoms with van der Waals surface area (Å²) in [6.07, 6.45) is 0. The zero-order valence-corrected chi connectivity index (χ0v) is 19.5.